The fourth-order valence-electron chi connectivity index (χ4n) is 1.70. The van der Waals surface area contributed by atoms with Crippen molar-refractivity contribution < 1.29 is 24.5 Å². The smallest absolute Gasteiger partial charge is 0.508 e. The molecule has 0 aliphatic heterocycles. The molecule has 0 fully saturated rings. The highest BCUT2D eigenvalue weighted by atomic mass is 16.7. The van der Waals surface area contributed by atoms with Gasteiger partial charge in [-0.25, -0.2) is 0 Å². The SMILES string of the molecule is Cc1c(O)cccc1OB(O)Oc1cccc(O)c1C. The van der Waals surface area contributed by atoms with Crippen LogP contribution in [0.4, 0.5) is 0 Å². The van der Waals surface area contributed by atoms with Crippen LogP contribution < -0.4 is 9.31 Å². The third kappa shape index (κ3) is 2.97. The van der Waals surface area contributed by atoms with Crippen molar-refractivity contribution in [3.05, 3.63) is 47.5 Å². The molecule has 0 atom stereocenters. The number of phenols is 2. The molecular formula is C14H15BO5. The van der Waals surface area contributed by atoms with Crippen molar-refractivity contribution >= 4 is 7.32 Å². The molecule has 0 aliphatic rings. The molecule has 2 aromatic carbocycles. The lowest BCUT2D eigenvalue weighted by molar-refractivity contribution is 0.294. The number of rotatable bonds is 4. The number of hydrogen-bond donors (Lipinski definition) is 3. The van der Waals surface area contributed by atoms with Gasteiger partial charge in [-0.3, -0.25) is 0 Å². The Bertz CT molecular complexity index is 561. The Balaban J connectivity index is 2.11. The van der Waals surface area contributed by atoms with Crippen molar-refractivity contribution in [3.8, 4) is 23.0 Å². The predicted octanol–water partition coefficient (Wildman–Crippen LogP) is 2.15. The minimum absolute atomic E-state index is 0.0724. The first kappa shape index (κ1) is 14.1. The van der Waals surface area contributed by atoms with E-state index in [9.17, 15) is 15.2 Å². The Labute approximate surface area is 117 Å². The van der Waals surface area contributed by atoms with Gasteiger partial charge >= 0.3 is 7.32 Å². The molecule has 2 aromatic rings. The number of aromatic hydroxyl groups is 2. The highest BCUT2D eigenvalue weighted by molar-refractivity contribution is 6.36. The fraction of sp³-hybridized carbons (Fsp3) is 0.143. The van der Waals surface area contributed by atoms with Gasteiger partial charge in [-0.1, -0.05) is 12.1 Å². The van der Waals surface area contributed by atoms with Gasteiger partial charge < -0.3 is 24.5 Å². The minimum atomic E-state index is -1.55. The van der Waals surface area contributed by atoms with Crippen LogP contribution in [0.25, 0.3) is 0 Å². The summed E-state index contributed by atoms with van der Waals surface area (Å²) in [5.74, 6) is 0.775. The van der Waals surface area contributed by atoms with Gasteiger partial charge in [0.25, 0.3) is 0 Å². The lowest BCUT2D eigenvalue weighted by atomic mass is 10.1. The van der Waals surface area contributed by atoms with E-state index in [4.69, 9.17) is 9.31 Å². The van der Waals surface area contributed by atoms with Crippen LogP contribution in [0.1, 0.15) is 11.1 Å². The van der Waals surface area contributed by atoms with Gasteiger partial charge in [0.1, 0.15) is 23.0 Å². The number of phenolic OH excluding ortho intramolecular Hbond substituents is 2. The lowest BCUT2D eigenvalue weighted by Crippen LogP contribution is -2.30. The average molecular weight is 274 g/mol. The standard InChI is InChI=1S/C14H15BO5/c1-9-11(16)5-3-7-13(9)19-15(18)20-14-8-4-6-12(17)10(14)2/h3-8,16-18H,1-2H3. The molecule has 0 aromatic heterocycles. The second-order valence-electron chi connectivity index (χ2n) is 4.34. The van der Waals surface area contributed by atoms with Crippen molar-refractivity contribution in [1.82, 2.24) is 0 Å². The van der Waals surface area contributed by atoms with Gasteiger partial charge in [-0.05, 0) is 38.1 Å². The fourth-order valence-corrected chi connectivity index (χ4v) is 1.70. The summed E-state index contributed by atoms with van der Waals surface area (Å²) in [5.41, 5.74) is 1.01. The highest BCUT2D eigenvalue weighted by Crippen LogP contribution is 2.28. The predicted molar refractivity (Wildman–Crippen MR) is 74.9 cm³/mol. The molecule has 6 heteroatoms. The maximum Gasteiger partial charge on any atom is 0.785 e. The van der Waals surface area contributed by atoms with Crippen molar-refractivity contribution in [2.45, 2.75) is 13.8 Å². The first-order valence-electron chi connectivity index (χ1n) is 6.07. The third-order valence-electron chi connectivity index (χ3n) is 2.97. The second kappa shape index (κ2) is 5.75. The Morgan fingerprint density at radius 1 is 0.800 bits per heavy atom. The van der Waals surface area contributed by atoms with Crippen LogP contribution in [0, 0.1) is 13.8 Å². The molecule has 20 heavy (non-hydrogen) atoms. The summed E-state index contributed by atoms with van der Waals surface area (Å²) >= 11 is 0. The maximum atomic E-state index is 9.78. The van der Waals surface area contributed by atoms with Gasteiger partial charge in [0, 0.05) is 11.1 Å². The number of hydrogen-bond acceptors (Lipinski definition) is 5. The molecule has 0 amide bonds. The molecular weight excluding hydrogens is 259 g/mol. The highest BCUT2D eigenvalue weighted by Gasteiger charge is 2.23. The van der Waals surface area contributed by atoms with Crippen LogP contribution in [0.3, 0.4) is 0 Å². The molecule has 0 heterocycles. The molecule has 3 N–H and O–H groups in total. The normalized spacial score (nSPS) is 10.2. The summed E-state index contributed by atoms with van der Waals surface area (Å²) in [6.45, 7) is 3.33. The summed E-state index contributed by atoms with van der Waals surface area (Å²) in [5, 5.41) is 28.9. The summed E-state index contributed by atoms with van der Waals surface area (Å²) in [7, 11) is -1.55. The Morgan fingerprint density at radius 3 is 1.60 bits per heavy atom. The van der Waals surface area contributed by atoms with Crippen molar-refractivity contribution in [2.75, 3.05) is 0 Å². The molecule has 0 spiro atoms. The molecule has 0 aliphatic carbocycles. The first-order valence-corrected chi connectivity index (χ1v) is 6.07. The molecule has 0 unspecified atom stereocenters. The van der Waals surface area contributed by atoms with Gasteiger partial charge in [-0.2, -0.15) is 0 Å². The van der Waals surface area contributed by atoms with Gasteiger partial charge in [0.05, 0.1) is 0 Å². The summed E-state index contributed by atoms with van der Waals surface area (Å²) in [6.07, 6.45) is 0. The minimum Gasteiger partial charge on any atom is -0.508 e. The maximum absolute atomic E-state index is 9.78. The van der Waals surface area contributed by atoms with Crippen molar-refractivity contribution in [3.63, 3.8) is 0 Å². The van der Waals surface area contributed by atoms with E-state index in [1.165, 1.54) is 12.1 Å². The molecule has 0 radical (unpaired) electrons. The van der Waals surface area contributed by atoms with Gasteiger partial charge in [-0.15, -0.1) is 0 Å². The molecule has 0 saturated heterocycles. The number of benzene rings is 2. The van der Waals surface area contributed by atoms with Crippen LogP contribution in [0.15, 0.2) is 36.4 Å². The summed E-state index contributed by atoms with van der Waals surface area (Å²) in [4.78, 5) is 0. The largest absolute Gasteiger partial charge is 0.785 e. The summed E-state index contributed by atoms with van der Waals surface area (Å²) < 4.78 is 10.4. The van der Waals surface area contributed by atoms with Crippen LogP contribution in [-0.2, 0) is 0 Å². The van der Waals surface area contributed by atoms with E-state index in [-0.39, 0.29) is 11.5 Å². The molecule has 5 nitrogen and oxygen atoms in total. The average Bonchev–Trinajstić information content (AvgIpc) is 2.40. The zero-order valence-electron chi connectivity index (χ0n) is 11.2. The molecule has 2 rings (SSSR count). The topological polar surface area (TPSA) is 79.2 Å². The van der Waals surface area contributed by atoms with E-state index >= 15 is 0 Å². The zero-order valence-corrected chi connectivity index (χ0v) is 11.2. The van der Waals surface area contributed by atoms with Gasteiger partial charge in [0.15, 0.2) is 0 Å². The third-order valence-corrected chi connectivity index (χ3v) is 2.97. The van der Waals surface area contributed by atoms with Crippen molar-refractivity contribution in [2.24, 2.45) is 0 Å². The molecule has 104 valence electrons. The Kier molecular flexibility index (Phi) is 4.05. The van der Waals surface area contributed by atoms with E-state index in [2.05, 4.69) is 0 Å². The lowest BCUT2D eigenvalue weighted by Gasteiger charge is -2.15. The van der Waals surface area contributed by atoms with E-state index in [0.717, 1.165) is 0 Å². The van der Waals surface area contributed by atoms with Crippen LogP contribution in [-0.4, -0.2) is 22.6 Å². The van der Waals surface area contributed by atoms with E-state index in [0.29, 0.717) is 22.6 Å². The van der Waals surface area contributed by atoms with E-state index in [1.54, 1.807) is 38.1 Å². The quantitative estimate of drug-likeness (QED) is 0.744. The molecule has 0 bridgehead atoms. The molecule has 0 saturated carbocycles. The second-order valence-corrected chi connectivity index (χ2v) is 4.34. The zero-order chi connectivity index (χ0) is 14.7. The van der Waals surface area contributed by atoms with E-state index in [1.807, 2.05) is 0 Å². The van der Waals surface area contributed by atoms with Gasteiger partial charge in [0.2, 0.25) is 0 Å². The van der Waals surface area contributed by atoms with Crippen LogP contribution in [0.5, 0.6) is 23.0 Å². The van der Waals surface area contributed by atoms with Crippen LogP contribution >= 0.6 is 0 Å². The Hall–Kier alpha value is -2.34. The first-order chi connectivity index (χ1) is 9.49. The van der Waals surface area contributed by atoms with Crippen molar-refractivity contribution in [1.29, 1.82) is 0 Å². The monoisotopic (exact) mass is 274 g/mol. The summed E-state index contributed by atoms with van der Waals surface area (Å²) in [6, 6.07) is 9.46. The van der Waals surface area contributed by atoms with Crippen LogP contribution in [0.2, 0.25) is 0 Å². The van der Waals surface area contributed by atoms with E-state index < -0.39 is 7.32 Å². The Morgan fingerprint density at radius 2 is 1.20 bits per heavy atom.